The second-order valence-electron chi connectivity index (χ2n) is 4.20. The number of aliphatic carboxylic acids is 1. The molecular weight excluding hydrogens is 211 g/mol. The van der Waals surface area contributed by atoms with Crippen molar-refractivity contribution >= 4 is 5.97 Å². The van der Waals surface area contributed by atoms with E-state index in [9.17, 15) is 14.3 Å². The number of pyridine rings is 1. The van der Waals surface area contributed by atoms with Gasteiger partial charge in [0.15, 0.2) is 0 Å². The van der Waals surface area contributed by atoms with Gasteiger partial charge in [-0.25, -0.2) is 4.39 Å². The Labute approximate surface area is 92.5 Å². The van der Waals surface area contributed by atoms with Crippen LogP contribution in [0.3, 0.4) is 0 Å². The summed E-state index contributed by atoms with van der Waals surface area (Å²) >= 11 is 0. The molecule has 5 heteroatoms. The molecule has 2 heterocycles. The molecule has 1 aromatic heterocycles. The van der Waals surface area contributed by atoms with E-state index >= 15 is 0 Å². The number of carboxylic acid groups (broad SMARTS) is 1. The van der Waals surface area contributed by atoms with Crippen molar-refractivity contribution in [2.24, 2.45) is 5.41 Å². The molecule has 16 heavy (non-hydrogen) atoms. The Balaban J connectivity index is 2.21. The molecular formula is C11H13FN2O2. The highest BCUT2D eigenvalue weighted by molar-refractivity contribution is 5.76. The van der Waals surface area contributed by atoms with E-state index in [4.69, 9.17) is 0 Å². The van der Waals surface area contributed by atoms with E-state index in [-0.39, 0.29) is 0 Å². The van der Waals surface area contributed by atoms with Crippen molar-refractivity contribution in [3.63, 3.8) is 0 Å². The fourth-order valence-corrected chi connectivity index (χ4v) is 2.10. The van der Waals surface area contributed by atoms with Crippen molar-refractivity contribution < 1.29 is 14.3 Å². The summed E-state index contributed by atoms with van der Waals surface area (Å²) in [6.45, 7) is 1.12. The van der Waals surface area contributed by atoms with Crippen LogP contribution in [0.4, 0.5) is 4.39 Å². The first-order valence-corrected chi connectivity index (χ1v) is 5.16. The summed E-state index contributed by atoms with van der Waals surface area (Å²) in [7, 11) is 0. The van der Waals surface area contributed by atoms with Crippen LogP contribution in [0.2, 0.25) is 0 Å². The molecule has 0 amide bonds. The predicted octanol–water partition coefficient (Wildman–Crippen LogP) is 0.828. The number of nitrogens with zero attached hydrogens (tertiary/aromatic N) is 1. The molecule has 0 bridgehead atoms. The average molecular weight is 224 g/mol. The zero-order valence-corrected chi connectivity index (χ0v) is 8.74. The van der Waals surface area contributed by atoms with E-state index in [1.165, 1.54) is 12.3 Å². The fraction of sp³-hybridized carbons (Fsp3) is 0.455. The third-order valence-corrected chi connectivity index (χ3v) is 3.00. The summed E-state index contributed by atoms with van der Waals surface area (Å²) in [6.07, 6.45) is 3.52. The fourth-order valence-electron chi connectivity index (χ4n) is 2.10. The molecule has 1 saturated heterocycles. The monoisotopic (exact) mass is 224 g/mol. The number of aromatic nitrogens is 1. The van der Waals surface area contributed by atoms with Gasteiger partial charge in [-0.05, 0) is 31.0 Å². The van der Waals surface area contributed by atoms with Gasteiger partial charge in [-0.3, -0.25) is 9.78 Å². The van der Waals surface area contributed by atoms with Crippen molar-refractivity contribution in [1.82, 2.24) is 10.3 Å². The normalized spacial score (nSPS) is 24.6. The molecule has 0 aliphatic carbocycles. The summed E-state index contributed by atoms with van der Waals surface area (Å²) in [6, 6.07) is 1.34. The lowest BCUT2D eigenvalue weighted by Gasteiger charge is -2.22. The largest absolute Gasteiger partial charge is 0.481 e. The van der Waals surface area contributed by atoms with Gasteiger partial charge in [0, 0.05) is 12.7 Å². The van der Waals surface area contributed by atoms with E-state index in [0.29, 0.717) is 31.5 Å². The first-order chi connectivity index (χ1) is 7.62. The summed E-state index contributed by atoms with van der Waals surface area (Å²) < 4.78 is 12.9. The van der Waals surface area contributed by atoms with Crippen LogP contribution < -0.4 is 5.32 Å². The van der Waals surface area contributed by atoms with Gasteiger partial charge in [0.25, 0.3) is 0 Å². The van der Waals surface area contributed by atoms with Crippen molar-refractivity contribution in [3.8, 4) is 0 Å². The molecule has 1 aliphatic heterocycles. The van der Waals surface area contributed by atoms with Crippen molar-refractivity contribution in [1.29, 1.82) is 0 Å². The maximum absolute atomic E-state index is 12.9. The van der Waals surface area contributed by atoms with E-state index in [1.807, 2.05) is 0 Å². The summed E-state index contributed by atoms with van der Waals surface area (Å²) in [5.74, 6) is -1.26. The van der Waals surface area contributed by atoms with Gasteiger partial charge >= 0.3 is 5.97 Å². The van der Waals surface area contributed by atoms with Crippen LogP contribution in [0.15, 0.2) is 18.5 Å². The molecule has 2 N–H and O–H groups in total. The molecule has 1 aliphatic rings. The smallest absolute Gasteiger partial charge is 0.311 e. The van der Waals surface area contributed by atoms with E-state index in [1.54, 1.807) is 0 Å². The molecule has 1 fully saturated rings. The Morgan fingerprint density at radius 1 is 1.62 bits per heavy atom. The van der Waals surface area contributed by atoms with Gasteiger partial charge in [-0.2, -0.15) is 0 Å². The molecule has 0 spiro atoms. The van der Waals surface area contributed by atoms with Crippen LogP contribution in [-0.2, 0) is 11.2 Å². The molecule has 1 unspecified atom stereocenters. The first-order valence-electron chi connectivity index (χ1n) is 5.16. The number of carboxylic acids is 1. The zero-order valence-electron chi connectivity index (χ0n) is 8.74. The number of carbonyl (C=O) groups is 1. The summed E-state index contributed by atoms with van der Waals surface area (Å²) in [5, 5.41) is 12.3. The van der Waals surface area contributed by atoms with Crippen LogP contribution >= 0.6 is 0 Å². The molecule has 0 radical (unpaired) electrons. The minimum Gasteiger partial charge on any atom is -0.481 e. The lowest BCUT2D eigenvalue weighted by atomic mass is 9.81. The van der Waals surface area contributed by atoms with E-state index < -0.39 is 17.2 Å². The molecule has 0 aromatic carbocycles. The molecule has 1 aromatic rings. The van der Waals surface area contributed by atoms with Gasteiger partial charge < -0.3 is 10.4 Å². The topological polar surface area (TPSA) is 62.2 Å². The first kappa shape index (κ1) is 11.0. The highest BCUT2D eigenvalue weighted by Gasteiger charge is 2.41. The Morgan fingerprint density at radius 2 is 2.44 bits per heavy atom. The zero-order chi connectivity index (χ0) is 11.6. The minimum absolute atomic E-state index is 0.320. The number of halogens is 1. The maximum atomic E-state index is 12.9. The molecule has 4 nitrogen and oxygen atoms in total. The lowest BCUT2D eigenvalue weighted by molar-refractivity contribution is -0.147. The molecule has 0 saturated carbocycles. The lowest BCUT2D eigenvalue weighted by Crippen LogP contribution is -2.35. The molecule has 1 atom stereocenters. The Kier molecular flexibility index (Phi) is 2.87. The van der Waals surface area contributed by atoms with Crippen LogP contribution in [0.5, 0.6) is 0 Å². The van der Waals surface area contributed by atoms with Gasteiger partial charge in [0.1, 0.15) is 5.82 Å². The third kappa shape index (κ3) is 2.04. The molecule has 86 valence electrons. The second-order valence-corrected chi connectivity index (χ2v) is 4.20. The van der Waals surface area contributed by atoms with Gasteiger partial charge in [0.2, 0.25) is 0 Å². The van der Waals surface area contributed by atoms with Crippen LogP contribution in [0.25, 0.3) is 0 Å². The minimum atomic E-state index is -0.832. The highest BCUT2D eigenvalue weighted by atomic mass is 19.1. The Hall–Kier alpha value is -1.49. The Morgan fingerprint density at radius 3 is 3.00 bits per heavy atom. The van der Waals surface area contributed by atoms with Gasteiger partial charge in [-0.1, -0.05) is 0 Å². The number of nitrogens with one attached hydrogen (secondary N) is 1. The van der Waals surface area contributed by atoms with Gasteiger partial charge in [-0.15, -0.1) is 0 Å². The summed E-state index contributed by atoms with van der Waals surface area (Å²) in [5.41, 5.74) is -0.179. The quantitative estimate of drug-likeness (QED) is 0.798. The van der Waals surface area contributed by atoms with E-state index in [0.717, 1.165) is 6.20 Å². The van der Waals surface area contributed by atoms with Crippen molar-refractivity contribution in [3.05, 3.63) is 29.8 Å². The highest BCUT2D eigenvalue weighted by Crippen LogP contribution is 2.30. The third-order valence-electron chi connectivity index (χ3n) is 3.00. The SMILES string of the molecule is O=C(O)C1(Cc2cncc(F)c2)CCNC1. The van der Waals surface area contributed by atoms with Crippen molar-refractivity contribution in [2.75, 3.05) is 13.1 Å². The molecule has 2 rings (SSSR count). The van der Waals surface area contributed by atoms with Crippen molar-refractivity contribution in [2.45, 2.75) is 12.8 Å². The summed E-state index contributed by atoms with van der Waals surface area (Å²) in [4.78, 5) is 15.0. The number of hydrogen-bond donors (Lipinski definition) is 2. The maximum Gasteiger partial charge on any atom is 0.311 e. The number of rotatable bonds is 3. The second kappa shape index (κ2) is 4.17. The van der Waals surface area contributed by atoms with Gasteiger partial charge in [0.05, 0.1) is 11.6 Å². The average Bonchev–Trinajstić information content (AvgIpc) is 2.67. The van der Waals surface area contributed by atoms with Crippen LogP contribution in [0, 0.1) is 11.2 Å². The number of hydrogen-bond acceptors (Lipinski definition) is 3. The predicted molar refractivity (Wildman–Crippen MR) is 55.5 cm³/mol. The van der Waals surface area contributed by atoms with E-state index in [2.05, 4.69) is 10.3 Å². The standard InChI is InChI=1S/C11H13FN2O2/c12-9-3-8(5-14-6-9)4-11(10(15)16)1-2-13-7-11/h3,5-6,13H,1-2,4,7H2,(H,15,16). The Bertz CT molecular complexity index is 403. The van der Waals surface area contributed by atoms with Crippen LogP contribution in [0.1, 0.15) is 12.0 Å². The van der Waals surface area contributed by atoms with Crippen LogP contribution in [-0.4, -0.2) is 29.1 Å².